The lowest BCUT2D eigenvalue weighted by molar-refractivity contribution is -0.146. The van der Waals surface area contributed by atoms with Gasteiger partial charge in [-0.2, -0.15) is 4.99 Å². The molecule has 3 aliphatic rings. The SMILES string of the molecule is CCOC(=O)C1(c2ccc(-c3ccc(-c4onc5c4CN4N=C(c6ccccc6)OC4=N5)cc3)cc2)CC1. The molecule has 7 rings (SSSR count). The lowest BCUT2D eigenvalue weighted by atomic mass is 9.93. The zero-order chi connectivity index (χ0) is 25.7. The molecule has 0 spiro atoms. The Hall–Kier alpha value is -4.72. The third-order valence-corrected chi connectivity index (χ3v) is 7.25. The molecule has 188 valence electrons. The highest BCUT2D eigenvalue weighted by Crippen LogP contribution is 2.49. The summed E-state index contributed by atoms with van der Waals surface area (Å²) in [6, 6.07) is 26.5. The molecule has 3 aromatic carbocycles. The van der Waals surface area contributed by atoms with Gasteiger partial charge in [-0.25, -0.2) is 5.01 Å². The van der Waals surface area contributed by atoms with Crippen molar-refractivity contribution >= 4 is 23.7 Å². The largest absolute Gasteiger partial charge is 0.465 e. The minimum Gasteiger partial charge on any atom is -0.465 e. The molecule has 1 aliphatic carbocycles. The number of nitrogens with zero attached hydrogens (tertiary/aromatic N) is 4. The average molecular weight is 505 g/mol. The van der Waals surface area contributed by atoms with E-state index in [2.05, 4.69) is 39.5 Å². The van der Waals surface area contributed by atoms with Crippen molar-refractivity contribution in [1.82, 2.24) is 10.2 Å². The molecule has 1 fully saturated rings. The standard InChI is InChI=1S/C30H24N4O4/c1-2-36-28(35)30(16-17-30)23-14-12-20(13-15-23)19-8-10-21(11-9-19)25-24-18-34-29(31-26(24)33-38-25)37-27(32-34)22-6-4-3-5-7-22/h3-15H,2,16-18H2,1H3. The van der Waals surface area contributed by atoms with E-state index in [0.717, 1.165) is 46.2 Å². The average Bonchev–Trinajstić information content (AvgIpc) is 3.52. The summed E-state index contributed by atoms with van der Waals surface area (Å²) in [7, 11) is 0. The second-order valence-electron chi connectivity index (χ2n) is 9.60. The van der Waals surface area contributed by atoms with Gasteiger partial charge in [0.25, 0.3) is 0 Å². The second-order valence-corrected chi connectivity index (χ2v) is 9.60. The Morgan fingerprint density at radius 1 is 0.921 bits per heavy atom. The van der Waals surface area contributed by atoms with Crippen LogP contribution in [0, 0.1) is 0 Å². The van der Waals surface area contributed by atoms with Gasteiger partial charge in [0.05, 0.1) is 24.1 Å². The van der Waals surface area contributed by atoms with Crippen LogP contribution in [0.1, 0.15) is 36.5 Å². The van der Waals surface area contributed by atoms with Crippen molar-refractivity contribution in [3.05, 3.63) is 95.6 Å². The highest BCUT2D eigenvalue weighted by molar-refractivity contribution is 6.05. The predicted molar refractivity (Wildman–Crippen MR) is 142 cm³/mol. The summed E-state index contributed by atoms with van der Waals surface area (Å²) in [6.45, 7) is 2.70. The van der Waals surface area contributed by atoms with Crippen LogP contribution in [0.4, 0.5) is 5.82 Å². The van der Waals surface area contributed by atoms with Crippen LogP contribution in [0.2, 0.25) is 0 Å². The molecular formula is C30H24N4O4. The molecule has 8 heteroatoms. The van der Waals surface area contributed by atoms with Gasteiger partial charge in [-0.15, -0.1) is 5.10 Å². The van der Waals surface area contributed by atoms with E-state index in [1.165, 1.54) is 0 Å². The third-order valence-electron chi connectivity index (χ3n) is 7.25. The first-order chi connectivity index (χ1) is 18.6. The van der Waals surface area contributed by atoms with E-state index < -0.39 is 5.41 Å². The highest BCUT2D eigenvalue weighted by atomic mass is 16.5. The van der Waals surface area contributed by atoms with Gasteiger partial charge in [-0.3, -0.25) is 4.79 Å². The fourth-order valence-electron chi connectivity index (χ4n) is 4.99. The number of benzene rings is 3. The Morgan fingerprint density at radius 2 is 1.61 bits per heavy atom. The van der Waals surface area contributed by atoms with E-state index in [4.69, 9.17) is 14.0 Å². The molecule has 0 amide bonds. The fraction of sp³-hybridized carbons (Fsp3) is 0.200. The number of aromatic nitrogens is 1. The minimum absolute atomic E-state index is 0.119. The molecule has 8 nitrogen and oxygen atoms in total. The maximum Gasteiger partial charge on any atom is 0.322 e. The molecule has 3 heterocycles. The molecule has 38 heavy (non-hydrogen) atoms. The van der Waals surface area contributed by atoms with Crippen molar-refractivity contribution in [1.29, 1.82) is 0 Å². The van der Waals surface area contributed by atoms with Crippen LogP contribution in [0.5, 0.6) is 0 Å². The molecule has 0 radical (unpaired) electrons. The number of esters is 1. The van der Waals surface area contributed by atoms with Crippen LogP contribution in [-0.4, -0.2) is 34.7 Å². The van der Waals surface area contributed by atoms with E-state index in [1.54, 1.807) is 5.01 Å². The number of amidine groups is 1. The Bertz CT molecular complexity index is 1580. The summed E-state index contributed by atoms with van der Waals surface area (Å²) in [5, 5.41) is 10.5. The Morgan fingerprint density at radius 3 is 2.29 bits per heavy atom. The molecule has 0 saturated heterocycles. The van der Waals surface area contributed by atoms with Crippen molar-refractivity contribution in [2.75, 3.05) is 6.61 Å². The van der Waals surface area contributed by atoms with Gasteiger partial charge in [0.15, 0.2) is 5.76 Å². The van der Waals surface area contributed by atoms with E-state index >= 15 is 0 Å². The van der Waals surface area contributed by atoms with E-state index in [1.807, 2.05) is 61.5 Å². The van der Waals surface area contributed by atoms with Crippen LogP contribution in [0.3, 0.4) is 0 Å². The number of rotatable bonds is 6. The summed E-state index contributed by atoms with van der Waals surface area (Å²) in [4.78, 5) is 16.9. The summed E-state index contributed by atoms with van der Waals surface area (Å²) >= 11 is 0. The van der Waals surface area contributed by atoms with Crippen LogP contribution in [-0.2, 0) is 26.2 Å². The first-order valence-electron chi connectivity index (χ1n) is 12.7. The number of hydrazone groups is 1. The van der Waals surface area contributed by atoms with Crippen molar-refractivity contribution in [2.45, 2.75) is 31.7 Å². The van der Waals surface area contributed by atoms with Gasteiger partial charge < -0.3 is 14.0 Å². The second kappa shape index (κ2) is 8.69. The molecule has 2 aliphatic heterocycles. The van der Waals surface area contributed by atoms with Gasteiger partial charge in [-0.1, -0.05) is 71.9 Å². The number of aliphatic imine (C=N–C) groups is 1. The molecule has 0 N–H and O–H groups in total. The van der Waals surface area contributed by atoms with Crippen molar-refractivity contribution in [3.63, 3.8) is 0 Å². The van der Waals surface area contributed by atoms with Gasteiger partial charge in [-0.05, 0) is 48.6 Å². The molecule has 1 saturated carbocycles. The Labute approximate surface area is 219 Å². The maximum absolute atomic E-state index is 12.4. The number of carbonyl (C=O) groups excluding carboxylic acids is 1. The molecule has 0 atom stereocenters. The quantitative estimate of drug-likeness (QED) is 0.309. The van der Waals surface area contributed by atoms with E-state index in [9.17, 15) is 4.79 Å². The zero-order valence-corrected chi connectivity index (χ0v) is 20.8. The summed E-state index contributed by atoms with van der Waals surface area (Å²) in [5.74, 6) is 1.56. The van der Waals surface area contributed by atoms with Crippen LogP contribution in [0.15, 0.2) is 93.5 Å². The normalized spacial score (nSPS) is 16.6. The summed E-state index contributed by atoms with van der Waals surface area (Å²) in [5.41, 5.74) is 5.36. The smallest absolute Gasteiger partial charge is 0.322 e. The van der Waals surface area contributed by atoms with Crippen LogP contribution < -0.4 is 0 Å². The predicted octanol–water partition coefficient (Wildman–Crippen LogP) is 5.80. The maximum atomic E-state index is 12.4. The van der Waals surface area contributed by atoms with Crippen molar-refractivity contribution in [3.8, 4) is 22.5 Å². The fourth-order valence-corrected chi connectivity index (χ4v) is 4.99. The number of carbonyl (C=O) groups is 1. The topological polar surface area (TPSA) is 89.5 Å². The first-order valence-corrected chi connectivity index (χ1v) is 12.7. The number of hydrogen-bond donors (Lipinski definition) is 0. The number of hydrogen-bond acceptors (Lipinski definition) is 8. The van der Waals surface area contributed by atoms with Crippen molar-refractivity contribution < 1.29 is 18.8 Å². The number of fused-ring (bicyclic) bond motifs is 2. The zero-order valence-electron chi connectivity index (χ0n) is 20.8. The molecule has 0 bridgehead atoms. The monoisotopic (exact) mass is 504 g/mol. The van der Waals surface area contributed by atoms with Gasteiger partial charge in [0.1, 0.15) is 0 Å². The van der Waals surface area contributed by atoms with Crippen LogP contribution in [0.25, 0.3) is 22.5 Å². The summed E-state index contributed by atoms with van der Waals surface area (Å²) in [6.07, 6.45) is 1.69. The molecule has 0 unspecified atom stereocenters. The third kappa shape index (κ3) is 3.68. The van der Waals surface area contributed by atoms with Gasteiger partial charge in [0.2, 0.25) is 11.7 Å². The van der Waals surface area contributed by atoms with E-state index in [-0.39, 0.29) is 5.97 Å². The van der Waals surface area contributed by atoms with Gasteiger partial charge in [0, 0.05) is 11.1 Å². The Kier molecular flexibility index (Phi) is 5.14. The molecular weight excluding hydrogens is 480 g/mol. The van der Waals surface area contributed by atoms with Crippen molar-refractivity contribution in [2.24, 2.45) is 10.1 Å². The van der Waals surface area contributed by atoms with Crippen LogP contribution >= 0.6 is 0 Å². The number of ether oxygens (including phenoxy) is 2. The lowest BCUT2D eigenvalue weighted by Crippen LogP contribution is -2.24. The van der Waals surface area contributed by atoms with E-state index in [0.29, 0.717) is 36.6 Å². The minimum atomic E-state index is -0.460. The molecule has 4 aromatic rings. The van der Waals surface area contributed by atoms with Gasteiger partial charge >= 0.3 is 12.0 Å². The highest BCUT2D eigenvalue weighted by Gasteiger charge is 2.52. The molecule has 1 aromatic heterocycles. The first kappa shape index (κ1) is 22.5. The Balaban J connectivity index is 1.10. The lowest BCUT2D eigenvalue weighted by Gasteiger charge is -2.16. The summed E-state index contributed by atoms with van der Waals surface area (Å²) < 4.78 is 16.9.